The highest BCUT2D eigenvalue weighted by atomic mass is 35.5. The lowest BCUT2D eigenvalue weighted by atomic mass is 9.93. The number of halogens is 2. The predicted molar refractivity (Wildman–Crippen MR) is 112 cm³/mol. The second kappa shape index (κ2) is 12.6. The molecule has 0 atom stereocenters. The number of anilines is 1. The Labute approximate surface area is 172 Å². The number of nitrogens with zero attached hydrogens (tertiary/aromatic N) is 2. The van der Waals surface area contributed by atoms with Crippen molar-refractivity contribution in [3.05, 3.63) is 43.0 Å². The van der Waals surface area contributed by atoms with E-state index in [-0.39, 0.29) is 30.7 Å². The number of amides is 1. The Balaban J connectivity index is 0.00000182. The van der Waals surface area contributed by atoms with Crippen LogP contribution in [0.1, 0.15) is 25.7 Å². The van der Waals surface area contributed by atoms with Crippen molar-refractivity contribution >= 4 is 36.4 Å². The number of nitrogens with one attached hydrogen (secondary N) is 2. The molecular formula is C19H28Cl2N4O2. The van der Waals surface area contributed by atoms with E-state index in [1.807, 2.05) is 35.0 Å². The number of benzene rings is 1. The summed E-state index contributed by atoms with van der Waals surface area (Å²) in [5, 5.41) is 6.35. The number of para-hydroxylation sites is 2. The van der Waals surface area contributed by atoms with Gasteiger partial charge in [-0.05, 0) is 50.4 Å². The molecule has 0 saturated carbocycles. The van der Waals surface area contributed by atoms with Gasteiger partial charge in [-0.3, -0.25) is 4.79 Å². The van der Waals surface area contributed by atoms with Crippen molar-refractivity contribution in [3.8, 4) is 5.75 Å². The highest BCUT2D eigenvalue weighted by molar-refractivity contribution is 5.92. The van der Waals surface area contributed by atoms with Crippen LogP contribution in [0.5, 0.6) is 5.75 Å². The Morgan fingerprint density at radius 1 is 1.26 bits per heavy atom. The molecule has 0 spiro atoms. The van der Waals surface area contributed by atoms with Crippen LogP contribution >= 0.6 is 24.8 Å². The Bertz CT molecular complexity index is 661. The Kier molecular flexibility index (Phi) is 10.9. The molecule has 3 rings (SSSR count). The Hall–Kier alpha value is -1.76. The van der Waals surface area contributed by atoms with E-state index >= 15 is 0 Å². The quantitative estimate of drug-likeness (QED) is 0.692. The first-order valence-electron chi connectivity index (χ1n) is 8.99. The highest BCUT2D eigenvalue weighted by Gasteiger charge is 2.15. The molecule has 1 aliphatic heterocycles. The lowest BCUT2D eigenvalue weighted by Crippen LogP contribution is -2.28. The van der Waals surface area contributed by atoms with Crippen LogP contribution in [0, 0.1) is 5.92 Å². The summed E-state index contributed by atoms with van der Waals surface area (Å²) in [7, 11) is 0. The summed E-state index contributed by atoms with van der Waals surface area (Å²) in [4.78, 5) is 16.3. The maximum Gasteiger partial charge on any atom is 0.224 e. The summed E-state index contributed by atoms with van der Waals surface area (Å²) in [5.74, 6) is 1.43. The number of hydrogen-bond acceptors (Lipinski definition) is 4. The fourth-order valence-electron chi connectivity index (χ4n) is 3.09. The average molecular weight is 415 g/mol. The number of aromatic nitrogens is 2. The largest absolute Gasteiger partial charge is 0.490 e. The number of carbonyl (C=O) groups is 1. The van der Waals surface area contributed by atoms with Crippen LogP contribution in [0.2, 0.25) is 0 Å². The number of hydrogen-bond donors (Lipinski definition) is 2. The fraction of sp³-hybridized carbons (Fsp3) is 0.474. The van der Waals surface area contributed by atoms with Crippen LogP contribution < -0.4 is 15.4 Å². The maximum atomic E-state index is 12.3. The monoisotopic (exact) mass is 414 g/mol. The van der Waals surface area contributed by atoms with Crippen LogP contribution in [0.15, 0.2) is 43.0 Å². The second-order valence-electron chi connectivity index (χ2n) is 6.43. The van der Waals surface area contributed by atoms with Crippen molar-refractivity contribution in [1.82, 2.24) is 14.9 Å². The van der Waals surface area contributed by atoms with Gasteiger partial charge in [-0.15, -0.1) is 24.8 Å². The highest BCUT2D eigenvalue weighted by Crippen LogP contribution is 2.25. The number of imidazole rings is 1. The molecule has 150 valence electrons. The fourth-order valence-corrected chi connectivity index (χ4v) is 3.09. The van der Waals surface area contributed by atoms with Crippen molar-refractivity contribution in [3.63, 3.8) is 0 Å². The maximum absolute atomic E-state index is 12.3. The standard InChI is InChI=1S/C19H26N4O2.2ClH/c24-19(6-5-16-7-9-20-10-8-16)22-17-3-1-2-4-18(17)25-14-13-23-12-11-21-15-23;;/h1-4,11-12,15-16,20H,5-10,13-14H2,(H,22,24);2*1H. The third-order valence-electron chi connectivity index (χ3n) is 4.57. The van der Waals surface area contributed by atoms with Crippen molar-refractivity contribution < 1.29 is 9.53 Å². The van der Waals surface area contributed by atoms with Crippen LogP contribution in [-0.4, -0.2) is 35.2 Å². The molecule has 0 bridgehead atoms. The second-order valence-corrected chi connectivity index (χ2v) is 6.43. The van der Waals surface area contributed by atoms with Crippen molar-refractivity contribution in [2.45, 2.75) is 32.2 Å². The molecule has 1 aromatic carbocycles. The van der Waals surface area contributed by atoms with Crippen molar-refractivity contribution in [2.75, 3.05) is 25.0 Å². The summed E-state index contributed by atoms with van der Waals surface area (Å²) >= 11 is 0. The smallest absolute Gasteiger partial charge is 0.224 e. The van der Waals surface area contributed by atoms with Gasteiger partial charge in [-0.1, -0.05) is 12.1 Å². The normalized spacial score (nSPS) is 13.9. The number of carbonyl (C=O) groups excluding carboxylic acids is 1. The van der Waals surface area contributed by atoms with E-state index in [2.05, 4.69) is 15.6 Å². The molecule has 0 radical (unpaired) electrons. The average Bonchev–Trinajstić information content (AvgIpc) is 3.16. The zero-order valence-corrected chi connectivity index (χ0v) is 16.9. The molecule has 6 nitrogen and oxygen atoms in total. The van der Waals surface area contributed by atoms with E-state index in [0.29, 0.717) is 24.7 Å². The molecule has 0 unspecified atom stereocenters. The van der Waals surface area contributed by atoms with E-state index < -0.39 is 0 Å². The van der Waals surface area contributed by atoms with Gasteiger partial charge in [0.05, 0.1) is 18.6 Å². The van der Waals surface area contributed by atoms with E-state index in [9.17, 15) is 4.79 Å². The van der Waals surface area contributed by atoms with Crippen LogP contribution in [0.25, 0.3) is 0 Å². The molecular weight excluding hydrogens is 387 g/mol. The number of rotatable bonds is 8. The lowest BCUT2D eigenvalue weighted by Gasteiger charge is -2.22. The zero-order valence-electron chi connectivity index (χ0n) is 15.3. The zero-order chi connectivity index (χ0) is 17.3. The van der Waals surface area contributed by atoms with Gasteiger partial charge >= 0.3 is 0 Å². The molecule has 2 aromatic rings. The SMILES string of the molecule is Cl.Cl.O=C(CCC1CCNCC1)Nc1ccccc1OCCn1ccnc1. The van der Waals surface area contributed by atoms with Crippen LogP contribution in [-0.2, 0) is 11.3 Å². The van der Waals surface area contributed by atoms with Gasteiger partial charge in [0, 0.05) is 18.8 Å². The minimum absolute atomic E-state index is 0. The predicted octanol–water partition coefficient (Wildman–Crippen LogP) is 3.52. The van der Waals surface area contributed by atoms with Gasteiger partial charge < -0.3 is 19.9 Å². The molecule has 1 saturated heterocycles. The van der Waals surface area contributed by atoms with Crippen molar-refractivity contribution in [2.24, 2.45) is 5.92 Å². The van der Waals surface area contributed by atoms with Gasteiger partial charge in [0.2, 0.25) is 5.91 Å². The van der Waals surface area contributed by atoms with E-state index in [1.165, 1.54) is 12.8 Å². The minimum atomic E-state index is 0. The van der Waals surface area contributed by atoms with Crippen LogP contribution in [0.3, 0.4) is 0 Å². The van der Waals surface area contributed by atoms with E-state index in [0.717, 1.165) is 31.7 Å². The summed E-state index contributed by atoms with van der Waals surface area (Å²) in [6.45, 7) is 3.38. The van der Waals surface area contributed by atoms with Gasteiger partial charge in [-0.25, -0.2) is 4.98 Å². The topological polar surface area (TPSA) is 68.2 Å². The Morgan fingerprint density at radius 2 is 2.04 bits per heavy atom. The molecule has 0 aliphatic carbocycles. The van der Waals surface area contributed by atoms with Gasteiger partial charge in [-0.2, -0.15) is 0 Å². The van der Waals surface area contributed by atoms with Crippen molar-refractivity contribution in [1.29, 1.82) is 0 Å². The molecule has 8 heteroatoms. The van der Waals surface area contributed by atoms with E-state index in [4.69, 9.17) is 4.74 Å². The Morgan fingerprint density at radius 3 is 2.78 bits per heavy atom. The molecule has 2 N–H and O–H groups in total. The molecule has 1 fully saturated rings. The number of piperidine rings is 1. The summed E-state index contributed by atoms with van der Waals surface area (Å²) < 4.78 is 7.79. The lowest BCUT2D eigenvalue weighted by molar-refractivity contribution is -0.116. The molecule has 2 heterocycles. The number of ether oxygens (including phenoxy) is 1. The van der Waals surface area contributed by atoms with Gasteiger partial charge in [0.25, 0.3) is 0 Å². The minimum Gasteiger partial charge on any atom is -0.490 e. The first kappa shape index (κ1) is 23.3. The first-order valence-corrected chi connectivity index (χ1v) is 8.99. The van der Waals surface area contributed by atoms with Gasteiger partial charge in [0.1, 0.15) is 12.4 Å². The molecule has 27 heavy (non-hydrogen) atoms. The van der Waals surface area contributed by atoms with E-state index in [1.54, 1.807) is 12.5 Å². The summed E-state index contributed by atoms with van der Waals surface area (Å²) in [6, 6.07) is 7.59. The molecule has 1 amide bonds. The van der Waals surface area contributed by atoms with Gasteiger partial charge in [0.15, 0.2) is 0 Å². The molecule has 1 aliphatic rings. The first-order chi connectivity index (χ1) is 12.3. The molecule has 1 aromatic heterocycles. The summed E-state index contributed by atoms with van der Waals surface area (Å²) in [5.41, 5.74) is 0.739. The third-order valence-corrected chi connectivity index (χ3v) is 4.57. The summed E-state index contributed by atoms with van der Waals surface area (Å²) in [6.07, 6.45) is 9.26. The third kappa shape index (κ3) is 7.79. The van der Waals surface area contributed by atoms with Crippen LogP contribution in [0.4, 0.5) is 5.69 Å².